The molecule has 9 heteroatoms. The number of piperidine rings is 1. The van der Waals surface area contributed by atoms with Crippen molar-refractivity contribution in [2.24, 2.45) is 0 Å². The summed E-state index contributed by atoms with van der Waals surface area (Å²) in [6, 6.07) is 15.3. The van der Waals surface area contributed by atoms with Crippen LogP contribution in [0.2, 0.25) is 0 Å². The van der Waals surface area contributed by atoms with E-state index in [1.807, 2.05) is 41.3 Å². The first kappa shape index (κ1) is 21.9. The van der Waals surface area contributed by atoms with Crippen LogP contribution in [0.25, 0.3) is 6.08 Å². The lowest BCUT2D eigenvalue weighted by atomic mass is 10.0. The van der Waals surface area contributed by atoms with E-state index >= 15 is 0 Å². The van der Waals surface area contributed by atoms with Crippen molar-refractivity contribution >= 4 is 41.2 Å². The first-order chi connectivity index (χ1) is 15.5. The molecule has 2 saturated heterocycles. The number of nitrogens with zero attached hydrogens (tertiary/aromatic N) is 3. The summed E-state index contributed by atoms with van der Waals surface area (Å²) >= 11 is 1.79. The molecule has 2 aromatic carbocycles. The van der Waals surface area contributed by atoms with E-state index in [2.05, 4.69) is 5.32 Å². The van der Waals surface area contributed by atoms with Gasteiger partial charge in [-0.05, 0) is 36.6 Å². The number of nitro benzene ring substituents is 1. The first-order valence-electron chi connectivity index (χ1n) is 10.5. The zero-order chi connectivity index (χ0) is 22.6. The average Bonchev–Trinajstić information content (AvgIpc) is 3.22. The van der Waals surface area contributed by atoms with E-state index in [1.165, 1.54) is 24.3 Å². The third-order valence-corrected chi connectivity index (χ3v) is 7.38. The van der Waals surface area contributed by atoms with Crippen LogP contribution < -0.4 is 5.32 Å². The molecule has 2 aliphatic rings. The minimum absolute atomic E-state index is 0.00244. The van der Waals surface area contributed by atoms with Gasteiger partial charge in [0, 0.05) is 49.3 Å². The number of carbonyl (C=O) groups is 2. The quantitative estimate of drug-likeness (QED) is 0.426. The highest BCUT2D eigenvalue weighted by atomic mass is 32.2. The summed E-state index contributed by atoms with van der Waals surface area (Å²) < 4.78 is 0. The SMILES string of the molecule is O=C(Nc1ccc([N+](=O)[O-])cc1)N1CCC2(CC1)SCCN2C(=O)/C=C/c1ccccc1. The lowest BCUT2D eigenvalue weighted by Crippen LogP contribution is -2.53. The molecule has 3 amide bonds. The molecule has 0 unspecified atom stereocenters. The van der Waals surface area contributed by atoms with Crippen LogP contribution in [0.5, 0.6) is 0 Å². The molecule has 4 rings (SSSR count). The van der Waals surface area contributed by atoms with Crippen LogP contribution in [0.4, 0.5) is 16.2 Å². The molecule has 0 radical (unpaired) electrons. The summed E-state index contributed by atoms with van der Waals surface area (Å²) in [6.07, 6.45) is 4.88. The number of benzene rings is 2. The predicted octanol–water partition coefficient (Wildman–Crippen LogP) is 4.21. The molecular formula is C23H24N4O4S. The van der Waals surface area contributed by atoms with Crippen LogP contribution in [-0.2, 0) is 4.79 Å². The maximum absolute atomic E-state index is 12.9. The smallest absolute Gasteiger partial charge is 0.321 e. The molecule has 0 bridgehead atoms. The van der Waals surface area contributed by atoms with Gasteiger partial charge in [0.2, 0.25) is 5.91 Å². The number of rotatable bonds is 4. The van der Waals surface area contributed by atoms with E-state index in [1.54, 1.807) is 22.7 Å². The molecule has 0 aliphatic carbocycles. The second kappa shape index (κ2) is 9.44. The van der Waals surface area contributed by atoms with E-state index in [0.29, 0.717) is 38.2 Å². The highest BCUT2D eigenvalue weighted by Gasteiger charge is 2.46. The summed E-state index contributed by atoms with van der Waals surface area (Å²) in [5.74, 6) is 0.891. The Bertz CT molecular complexity index is 1020. The van der Waals surface area contributed by atoms with Gasteiger partial charge in [-0.1, -0.05) is 30.3 Å². The Morgan fingerprint density at radius 1 is 1.03 bits per heavy atom. The van der Waals surface area contributed by atoms with Crippen LogP contribution in [0.3, 0.4) is 0 Å². The van der Waals surface area contributed by atoms with Gasteiger partial charge in [-0.2, -0.15) is 0 Å². The highest BCUT2D eigenvalue weighted by molar-refractivity contribution is 8.00. The summed E-state index contributed by atoms with van der Waals surface area (Å²) in [7, 11) is 0. The minimum Gasteiger partial charge on any atom is -0.324 e. The number of urea groups is 1. The fourth-order valence-electron chi connectivity index (χ4n) is 4.08. The van der Waals surface area contributed by atoms with Crippen molar-refractivity contribution < 1.29 is 14.5 Å². The normalized spacial score (nSPS) is 17.6. The lowest BCUT2D eigenvalue weighted by molar-refractivity contribution is -0.384. The summed E-state index contributed by atoms with van der Waals surface area (Å²) in [4.78, 5) is 39.3. The van der Waals surface area contributed by atoms with Crippen molar-refractivity contribution in [3.8, 4) is 0 Å². The molecule has 166 valence electrons. The Morgan fingerprint density at radius 3 is 2.38 bits per heavy atom. The van der Waals surface area contributed by atoms with E-state index in [4.69, 9.17) is 0 Å². The van der Waals surface area contributed by atoms with Gasteiger partial charge in [-0.25, -0.2) is 4.79 Å². The van der Waals surface area contributed by atoms with Gasteiger partial charge in [0.1, 0.15) is 0 Å². The van der Waals surface area contributed by atoms with Crippen molar-refractivity contribution in [3.63, 3.8) is 0 Å². The van der Waals surface area contributed by atoms with Gasteiger partial charge in [0.25, 0.3) is 5.69 Å². The fraction of sp³-hybridized carbons (Fsp3) is 0.304. The Labute approximate surface area is 190 Å². The first-order valence-corrected chi connectivity index (χ1v) is 11.4. The Balaban J connectivity index is 1.35. The molecule has 0 atom stereocenters. The number of nitro groups is 1. The second-order valence-corrected chi connectivity index (χ2v) is 9.21. The number of non-ortho nitro benzene ring substituents is 1. The van der Waals surface area contributed by atoms with E-state index in [9.17, 15) is 19.7 Å². The molecule has 1 N–H and O–H groups in total. The maximum atomic E-state index is 12.9. The van der Waals surface area contributed by atoms with E-state index in [0.717, 1.165) is 11.3 Å². The van der Waals surface area contributed by atoms with E-state index in [-0.39, 0.29) is 22.5 Å². The van der Waals surface area contributed by atoms with Gasteiger partial charge < -0.3 is 15.1 Å². The molecule has 2 aromatic rings. The second-order valence-electron chi connectivity index (χ2n) is 7.75. The number of nitrogens with one attached hydrogen (secondary N) is 1. The third kappa shape index (κ3) is 4.77. The zero-order valence-corrected chi connectivity index (χ0v) is 18.3. The van der Waals surface area contributed by atoms with Gasteiger partial charge in [0.05, 0.1) is 9.79 Å². The van der Waals surface area contributed by atoms with Crippen molar-refractivity contribution in [3.05, 3.63) is 76.4 Å². The fourth-order valence-corrected chi connectivity index (χ4v) is 5.55. The van der Waals surface area contributed by atoms with Crippen LogP contribution in [0.1, 0.15) is 18.4 Å². The summed E-state index contributed by atoms with van der Waals surface area (Å²) in [5, 5.41) is 13.6. The van der Waals surface area contributed by atoms with E-state index < -0.39 is 4.92 Å². The van der Waals surface area contributed by atoms with Gasteiger partial charge >= 0.3 is 6.03 Å². The summed E-state index contributed by atoms with van der Waals surface area (Å²) in [6.45, 7) is 1.79. The van der Waals surface area contributed by atoms with Gasteiger partial charge in [-0.3, -0.25) is 14.9 Å². The van der Waals surface area contributed by atoms with Gasteiger partial charge in [-0.15, -0.1) is 11.8 Å². The topological polar surface area (TPSA) is 95.8 Å². The minimum atomic E-state index is -0.475. The average molecular weight is 453 g/mol. The van der Waals surface area contributed by atoms with Crippen LogP contribution in [0.15, 0.2) is 60.7 Å². The van der Waals surface area contributed by atoms with Crippen molar-refractivity contribution in [2.75, 3.05) is 30.7 Å². The van der Waals surface area contributed by atoms with Crippen molar-refractivity contribution in [1.29, 1.82) is 0 Å². The number of thioether (sulfide) groups is 1. The zero-order valence-electron chi connectivity index (χ0n) is 17.5. The molecule has 0 saturated carbocycles. The Morgan fingerprint density at radius 2 is 1.72 bits per heavy atom. The monoisotopic (exact) mass is 452 g/mol. The molecular weight excluding hydrogens is 428 g/mol. The number of likely N-dealkylation sites (tertiary alicyclic amines) is 1. The van der Waals surface area contributed by atoms with Crippen LogP contribution in [-0.4, -0.2) is 56.9 Å². The Kier molecular flexibility index (Phi) is 6.45. The van der Waals surface area contributed by atoms with Crippen LogP contribution in [0, 0.1) is 10.1 Å². The van der Waals surface area contributed by atoms with Crippen molar-refractivity contribution in [1.82, 2.24) is 9.80 Å². The third-order valence-electron chi connectivity index (χ3n) is 5.82. The molecule has 8 nitrogen and oxygen atoms in total. The Hall–Kier alpha value is -3.33. The highest BCUT2D eigenvalue weighted by Crippen LogP contribution is 2.44. The number of anilines is 1. The lowest BCUT2D eigenvalue weighted by Gasteiger charge is -2.43. The number of hydrogen-bond acceptors (Lipinski definition) is 5. The number of carbonyl (C=O) groups excluding carboxylic acids is 2. The molecule has 2 fully saturated rings. The molecule has 0 aromatic heterocycles. The maximum Gasteiger partial charge on any atom is 0.321 e. The van der Waals surface area contributed by atoms with Crippen LogP contribution >= 0.6 is 11.8 Å². The standard InChI is InChI=1S/C23H24N4O4S/c28-21(11-6-18-4-2-1-3-5-18)26-16-17-32-23(26)12-14-25(15-13-23)22(29)24-19-7-9-20(10-8-19)27(30)31/h1-11H,12-17H2,(H,24,29)/b11-6+. The largest absolute Gasteiger partial charge is 0.324 e. The molecule has 2 heterocycles. The summed E-state index contributed by atoms with van der Waals surface area (Å²) in [5.41, 5.74) is 1.48. The van der Waals surface area contributed by atoms with Crippen molar-refractivity contribution in [2.45, 2.75) is 17.7 Å². The van der Waals surface area contributed by atoms with Gasteiger partial charge in [0.15, 0.2) is 0 Å². The molecule has 1 spiro atoms. The molecule has 2 aliphatic heterocycles. The molecule has 32 heavy (non-hydrogen) atoms. The number of hydrogen-bond donors (Lipinski definition) is 1. The number of amides is 3. The predicted molar refractivity (Wildman–Crippen MR) is 125 cm³/mol.